The number of amides is 1. The minimum absolute atomic E-state index is 0.153. The molecule has 5 N–H and O–H groups in total. The molecule has 0 saturated heterocycles. The second-order valence-corrected chi connectivity index (χ2v) is 8.03. The summed E-state index contributed by atoms with van der Waals surface area (Å²) in [5, 5.41) is 46.5. The number of likely N-dealkylation sites (N-methyl/N-ethyl adjacent to an activating group) is 1. The van der Waals surface area contributed by atoms with Gasteiger partial charge in [-0.15, -0.1) is 5.10 Å². The Hall–Kier alpha value is -3.27. The minimum Gasteiger partial charge on any atom is -0.554 e. The number of aliphatic hydroxyl groups is 3. The summed E-state index contributed by atoms with van der Waals surface area (Å²) < 4.78 is 1.59. The Balaban J connectivity index is 0.00000217. The number of aliphatic hydroxyl groups excluding tert-OH is 3. The molecule has 1 amide bonds. The molecular weight excluding hydrogens is 488 g/mol. The smallest absolute Gasteiger partial charge is 0.248 e. The number of carbonyl (C=O) groups is 3. The van der Waals surface area contributed by atoms with Gasteiger partial charge in [-0.2, -0.15) is 0 Å². The highest BCUT2D eigenvalue weighted by Gasteiger charge is 2.14. The summed E-state index contributed by atoms with van der Waals surface area (Å²) >= 11 is 0. The molecule has 2 atom stereocenters. The Morgan fingerprint density at radius 3 is 2.54 bits per heavy atom. The van der Waals surface area contributed by atoms with Gasteiger partial charge in [-0.1, -0.05) is 24.3 Å². The summed E-state index contributed by atoms with van der Waals surface area (Å²) in [6.07, 6.45) is -0.0622. The lowest BCUT2D eigenvalue weighted by molar-refractivity contribution is -0.283. The van der Waals surface area contributed by atoms with Crippen LogP contribution >= 0.6 is 0 Å². The summed E-state index contributed by atoms with van der Waals surface area (Å²) in [5.74, 6) is -0.214. The first-order valence-corrected chi connectivity index (χ1v) is 11.6. The van der Waals surface area contributed by atoms with Crippen molar-refractivity contribution < 1.29 is 39.6 Å². The zero-order valence-corrected chi connectivity index (χ0v) is 20.9. The number of benzene rings is 1. The SMILES string of the molecule is CCN(C)CC(=O)Cc1ccc(-n2cc(CNC(=O)CONCC[C@H](O)[C@H](O)CO)nn2)cc1.O=C[O-]. The molecule has 0 unspecified atom stereocenters. The van der Waals surface area contributed by atoms with Crippen LogP contribution < -0.4 is 15.9 Å². The molecule has 1 aromatic carbocycles. The first-order valence-electron chi connectivity index (χ1n) is 11.6. The molecule has 0 aliphatic heterocycles. The lowest BCUT2D eigenvalue weighted by Gasteiger charge is -2.15. The molecule has 14 heteroatoms. The van der Waals surface area contributed by atoms with Crippen LogP contribution in [-0.2, 0) is 32.2 Å². The van der Waals surface area contributed by atoms with E-state index >= 15 is 0 Å². The van der Waals surface area contributed by atoms with Gasteiger partial charge in [0.15, 0.2) is 5.78 Å². The van der Waals surface area contributed by atoms with Crippen LogP contribution in [-0.4, -0.2) is 105 Å². The molecule has 0 radical (unpaired) electrons. The van der Waals surface area contributed by atoms with Gasteiger partial charge in [0.2, 0.25) is 5.91 Å². The van der Waals surface area contributed by atoms with Crippen LogP contribution in [0.15, 0.2) is 30.5 Å². The van der Waals surface area contributed by atoms with Gasteiger partial charge in [0.05, 0.1) is 37.7 Å². The number of carbonyl (C=O) groups excluding carboxylic acids is 3. The van der Waals surface area contributed by atoms with Gasteiger partial charge in [0.25, 0.3) is 0 Å². The summed E-state index contributed by atoms with van der Waals surface area (Å²) in [6.45, 7) is 2.35. The molecule has 1 heterocycles. The number of hydroxylamine groups is 1. The van der Waals surface area contributed by atoms with Crippen LogP contribution in [0, 0.1) is 0 Å². The van der Waals surface area contributed by atoms with E-state index in [9.17, 15) is 19.8 Å². The fraction of sp³-hybridized carbons (Fsp3) is 0.522. The Labute approximate surface area is 214 Å². The monoisotopic (exact) mass is 523 g/mol. The molecule has 14 nitrogen and oxygen atoms in total. The zero-order chi connectivity index (χ0) is 27.6. The number of Topliss-reactive ketones (excluding diaryl/α,β-unsaturated/α-hetero) is 1. The summed E-state index contributed by atoms with van der Waals surface area (Å²) in [6, 6.07) is 7.49. The number of ketones is 1. The van der Waals surface area contributed by atoms with E-state index in [1.165, 1.54) is 0 Å². The fourth-order valence-electron chi connectivity index (χ4n) is 2.92. The van der Waals surface area contributed by atoms with Crippen LogP contribution in [0.1, 0.15) is 24.6 Å². The summed E-state index contributed by atoms with van der Waals surface area (Å²) in [5.41, 5.74) is 4.78. The zero-order valence-electron chi connectivity index (χ0n) is 20.9. The third-order valence-corrected chi connectivity index (χ3v) is 5.07. The molecule has 1 aromatic heterocycles. The summed E-state index contributed by atoms with van der Waals surface area (Å²) in [4.78, 5) is 39.2. The van der Waals surface area contributed by atoms with Crippen LogP contribution in [0.3, 0.4) is 0 Å². The predicted molar refractivity (Wildman–Crippen MR) is 129 cm³/mol. The number of hydrogen-bond donors (Lipinski definition) is 5. The molecule has 0 fully saturated rings. The second-order valence-electron chi connectivity index (χ2n) is 8.03. The number of nitrogens with one attached hydrogen (secondary N) is 2. The molecule has 206 valence electrons. The van der Waals surface area contributed by atoms with Crippen molar-refractivity contribution in [2.75, 3.05) is 39.9 Å². The van der Waals surface area contributed by atoms with Gasteiger partial charge in [-0.05, 0) is 37.7 Å². The quantitative estimate of drug-likeness (QED) is 0.0846. The molecule has 2 rings (SSSR count). The van der Waals surface area contributed by atoms with E-state index in [0.29, 0.717) is 18.7 Å². The number of rotatable bonds is 16. The molecule has 0 aliphatic rings. The number of hydrogen-bond acceptors (Lipinski definition) is 12. The largest absolute Gasteiger partial charge is 0.554 e. The second kappa shape index (κ2) is 18.0. The molecule has 37 heavy (non-hydrogen) atoms. The minimum atomic E-state index is -1.21. The summed E-state index contributed by atoms with van der Waals surface area (Å²) in [7, 11) is 1.91. The lowest BCUT2D eigenvalue weighted by Crippen LogP contribution is -2.34. The molecule has 0 saturated carbocycles. The number of aromatic nitrogens is 3. The van der Waals surface area contributed by atoms with Crippen molar-refractivity contribution in [2.24, 2.45) is 0 Å². The number of nitrogens with zero attached hydrogens (tertiary/aromatic N) is 4. The van der Waals surface area contributed by atoms with Crippen molar-refractivity contribution in [1.29, 1.82) is 0 Å². The van der Waals surface area contributed by atoms with Crippen molar-refractivity contribution in [3.05, 3.63) is 41.7 Å². The van der Waals surface area contributed by atoms with E-state index in [1.54, 1.807) is 10.9 Å². The van der Waals surface area contributed by atoms with Gasteiger partial charge in [-0.25, -0.2) is 10.2 Å². The van der Waals surface area contributed by atoms with E-state index in [4.69, 9.17) is 19.8 Å². The van der Waals surface area contributed by atoms with Gasteiger partial charge in [0.1, 0.15) is 18.4 Å². The third kappa shape index (κ3) is 13.0. The van der Waals surface area contributed by atoms with Crippen LogP contribution in [0.4, 0.5) is 0 Å². The predicted octanol–water partition coefficient (Wildman–Crippen LogP) is -3.06. The first-order chi connectivity index (χ1) is 17.7. The third-order valence-electron chi connectivity index (χ3n) is 5.07. The van der Waals surface area contributed by atoms with Crippen molar-refractivity contribution in [3.63, 3.8) is 0 Å². The maximum atomic E-state index is 12.1. The fourth-order valence-corrected chi connectivity index (χ4v) is 2.92. The number of carboxylic acid groups (broad SMARTS) is 1. The Bertz CT molecular complexity index is 940. The van der Waals surface area contributed by atoms with Crippen LogP contribution in [0.2, 0.25) is 0 Å². The molecule has 2 aromatic rings. The van der Waals surface area contributed by atoms with Gasteiger partial charge < -0.3 is 30.5 Å². The molecular formula is C23H35N6O8-. The van der Waals surface area contributed by atoms with Crippen molar-refractivity contribution in [2.45, 2.75) is 38.5 Å². The normalized spacial score (nSPS) is 12.4. The van der Waals surface area contributed by atoms with Crippen molar-refractivity contribution in [1.82, 2.24) is 30.7 Å². The van der Waals surface area contributed by atoms with Gasteiger partial charge in [-0.3, -0.25) is 19.3 Å². The van der Waals surface area contributed by atoms with Gasteiger partial charge in [0, 0.05) is 19.4 Å². The van der Waals surface area contributed by atoms with Crippen LogP contribution in [0.5, 0.6) is 0 Å². The molecule has 0 spiro atoms. The van der Waals surface area contributed by atoms with Crippen molar-refractivity contribution in [3.8, 4) is 5.69 Å². The average Bonchev–Trinajstić information content (AvgIpc) is 3.36. The van der Waals surface area contributed by atoms with Crippen LogP contribution in [0.25, 0.3) is 5.69 Å². The highest BCUT2D eigenvalue weighted by Crippen LogP contribution is 2.10. The Morgan fingerprint density at radius 1 is 1.24 bits per heavy atom. The maximum Gasteiger partial charge on any atom is 0.248 e. The average molecular weight is 524 g/mol. The molecule has 0 bridgehead atoms. The Morgan fingerprint density at radius 2 is 1.92 bits per heavy atom. The van der Waals surface area contributed by atoms with Crippen molar-refractivity contribution >= 4 is 18.2 Å². The van der Waals surface area contributed by atoms with E-state index < -0.39 is 25.3 Å². The van der Waals surface area contributed by atoms with E-state index in [0.717, 1.165) is 17.8 Å². The molecule has 0 aliphatic carbocycles. The maximum absolute atomic E-state index is 12.1. The first kappa shape index (κ1) is 31.8. The van der Waals surface area contributed by atoms with Gasteiger partial charge >= 0.3 is 0 Å². The van der Waals surface area contributed by atoms with E-state index in [-0.39, 0.29) is 37.8 Å². The standard InChI is InChI=1S/C22H34N6O6.CH2O2/c1-3-27(2)13-19(30)10-16-4-6-18(7-5-16)28-12-17(25-26-28)11-23-22(33)15-34-24-9-8-20(31)21(32)14-29;2-1-3/h4-7,12,20-21,24,29,31-32H,3,8-11,13-15H2,1-2H3,(H,23,33);1H,(H,2,3)/p-1/t20-,21+;/m0./s1. The van der Waals surface area contributed by atoms with E-state index in [1.807, 2.05) is 43.1 Å². The Kier molecular flexibility index (Phi) is 15.5. The lowest BCUT2D eigenvalue weighted by atomic mass is 10.1. The van der Waals surface area contributed by atoms with E-state index in [2.05, 4.69) is 21.1 Å². The highest BCUT2D eigenvalue weighted by atomic mass is 16.6. The highest BCUT2D eigenvalue weighted by molar-refractivity contribution is 5.82. The topological polar surface area (TPSA) is 202 Å².